The molecule has 3 aliphatic rings. The lowest BCUT2D eigenvalue weighted by atomic mass is 9.96. The zero-order valence-electron chi connectivity index (χ0n) is 19.9. The zero-order valence-corrected chi connectivity index (χ0v) is 20.6. The van der Waals surface area contributed by atoms with Crippen molar-refractivity contribution >= 4 is 29.1 Å². The molecule has 1 saturated heterocycles. The van der Waals surface area contributed by atoms with Crippen LogP contribution in [0, 0.1) is 5.92 Å². The number of anilines is 1. The normalized spacial score (nSPS) is 22.5. The van der Waals surface area contributed by atoms with Gasteiger partial charge in [0.05, 0.1) is 23.5 Å². The molecule has 2 amide bonds. The molecule has 3 atom stereocenters. The second-order valence-electron chi connectivity index (χ2n) is 10.0. The summed E-state index contributed by atoms with van der Waals surface area (Å²) in [4.78, 5) is 29.0. The van der Waals surface area contributed by atoms with E-state index in [1.807, 2.05) is 6.07 Å². The molecule has 6 nitrogen and oxygen atoms in total. The monoisotopic (exact) mass is 520 g/mol. The van der Waals surface area contributed by atoms with Gasteiger partial charge in [0.25, 0.3) is 0 Å². The number of fused-ring (bicyclic) bond motifs is 1. The Morgan fingerprint density at radius 3 is 2.58 bits per heavy atom. The fourth-order valence-electron chi connectivity index (χ4n) is 5.45. The van der Waals surface area contributed by atoms with Crippen molar-refractivity contribution in [2.45, 2.75) is 62.7 Å². The molecule has 10 heteroatoms. The lowest BCUT2D eigenvalue weighted by Gasteiger charge is -2.33. The second-order valence-corrected chi connectivity index (χ2v) is 10.4. The summed E-state index contributed by atoms with van der Waals surface area (Å²) in [5, 5.41) is 6.76. The fraction of sp³-hybridized carbons (Fsp3) is 0.500. The van der Waals surface area contributed by atoms with Crippen LogP contribution >= 0.6 is 11.6 Å². The van der Waals surface area contributed by atoms with Gasteiger partial charge >= 0.3 is 6.18 Å². The molecule has 1 aromatic carbocycles. The van der Waals surface area contributed by atoms with Crippen molar-refractivity contribution < 1.29 is 22.8 Å². The molecule has 2 fully saturated rings. The summed E-state index contributed by atoms with van der Waals surface area (Å²) in [6, 6.07) is 4.86. The largest absolute Gasteiger partial charge is 0.414 e. The number of hydrogen-bond donors (Lipinski definition) is 2. The number of amides is 2. The van der Waals surface area contributed by atoms with Crippen LogP contribution in [-0.4, -0.2) is 47.5 Å². The minimum Gasteiger partial charge on any atom is -0.380 e. The first-order valence-corrected chi connectivity index (χ1v) is 12.6. The third-order valence-electron chi connectivity index (χ3n) is 7.40. The molecule has 0 radical (unpaired) electrons. The highest BCUT2D eigenvalue weighted by Gasteiger charge is 2.47. The lowest BCUT2D eigenvalue weighted by Crippen LogP contribution is -2.47. The van der Waals surface area contributed by atoms with Crippen LogP contribution in [0.25, 0.3) is 0 Å². The van der Waals surface area contributed by atoms with Gasteiger partial charge in [-0.15, -0.1) is 0 Å². The van der Waals surface area contributed by atoms with E-state index in [4.69, 9.17) is 11.6 Å². The molecule has 5 rings (SSSR count). The van der Waals surface area contributed by atoms with E-state index in [1.165, 1.54) is 29.0 Å². The number of carbonyl (C=O) groups excluding carboxylic acids is 2. The minimum absolute atomic E-state index is 0.0420. The summed E-state index contributed by atoms with van der Waals surface area (Å²) in [6.07, 6.45) is 0.990. The van der Waals surface area contributed by atoms with Gasteiger partial charge in [-0.1, -0.05) is 17.7 Å². The lowest BCUT2D eigenvalue weighted by molar-refractivity contribution is -0.191. The van der Waals surface area contributed by atoms with Crippen LogP contribution in [0.4, 0.5) is 18.9 Å². The smallest absolute Gasteiger partial charge is 0.380 e. The van der Waals surface area contributed by atoms with Crippen LogP contribution in [0.5, 0.6) is 0 Å². The molecular weight excluding hydrogens is 493 g/mol. The number of rotatable bonds is 6. The molecule has 1 aromatic heterocycles. The third-order valence-corrected chi connectivity index (χ3v) is 7.73. The van der Waals surface area contributed by atoms with E-state index in [0.29, 0.717) is 16.5 Å². The van der Waals surface area contributed by atoms with Gasteiger partial charge in [-0.25, -0.2) is 0 Å². The standard InChI is InChI=1S/C26H28ClF3N4O2/c1-34(25(36)16-5-9-22(35)32-12-16)24(26(28,29)30)21-8-6-17(13-31-21)33-18-10-15-4-7-20(27)23(14-2-3-14)19(15)11-18/h4,6-8,13-14,16,18,24,33H,2-3,5,9-12H2,1H3,(H,32,35)/t16-,18?,24?/m0/s1. The molecule has 0 bridgehead atoms. The van der Waals surface area contributed by atoms with Crippen LogP contribution in [0.15, 0.2) is 30.5 Å². The first-order valence-electron chi connectivity index (χ1n) is 12.2. The predicted octanol–water partition coefficient (Wildman–Crippen LogP) is 4.78. The predicted molar refractivity (Wildman–Crippen MR) is 130 cm³/mol. The van der Waals surface area contributed by atoms with Crippen molar-refractivity contribution in [3.8, 4) is 0 Å². The average molecular weight is 521 g/mol. The van der Waals surface area contributed by atoms with E-state index in [0.717, 1.165) is 37.8 Å². The van der Waals surface area contributed by atoms with Crippen molar-refractivity contribution in [2.75, 3.05) is 18.9 Å². The van der Waals surface area contributed by atoms with Gasteiger partial charge in [-0.2, -0.15) is 13.2 Å². The summed E-state index contributed by atoms with van der Waals surface area (Å²) < 4.78 is 42.1. The Kier molecular flexibility index (Phi) is 6.61. The number of alkyl halides is 3. The van der Waals surface area contributed by atoms with E-state index in [-0.39, 0.29) is 37.0 Å². The van der Waals surface area contributed by atoms with Gasteiger partial charge in [0.15, 0.2) is 6.04 Å². The van der Waals surface area contributed by atoms with Crippen molar-refractivity contribution in [1.82, 2.24) is 15.2 Å². The van der Waals surface area contributed by atoms with Gasteiger partial charge < -0.3 is 15.5 Å². The molecule has 2 heterocycles. The number of carbonyl (C=O) groups is 2. The van der Waals surface area contributed by atoms with E-state index < -0.39 is 24.0 Å². The van der Waals surface area contributed by atoms with Crippen LogP contribution in [-0.2, 0) is 22.4 Å². The number of nitrogens with zero attached hydrogens (tertiary/aromatic N) is 2. The Labute approximate surface area is 212 Å². The maximum absolute atomic E-state index is 14.0. The highest BCUT2D eigenvalue weighted by molar-refractivity contribution is 6.31. The highest BCUT2D eigenvalue weighted by atomic mass is 35.5. The van der Waals surface area contributed by atoms with Crippen molar-refractivity contribution in [1.29, 1.82) is 0 Å². The molecule has 2 unspecified atom stereocenters. The number of hydrogen-bond acceptors (Lipinski definition) is 4. The Hall–Kier alpha value is -2.81. The van der Waals surface area contributed by atoms with Crippen LogP contribution < -0.4 is 10.6 Å². The number of pyridine rings is 1. The summed E-state index contributed by atoms with van der Waals surface area (Å²) in [6.45, 7) is 0.0420. The van der Waals surface area contributed by atoms with Crippen molar-refractivity contribution in [3.63, 3.8) is 0 Å². The summed E-state index contributed by atoms with van der Waals surface area (Å²) in [5.74, 6) is -1.00. The molecule has 192 valence electrons. The topological polar surface area (TPSA) is 74.3 Å². The Balaban J connectivity index is 1.28. The van der Waals surface area contributed by atoms with Crippen LogP contribution in [0.1, 0.15) is 60.0 Å². The van der Waals surface area contributed by atoms with Crippen LogP contribution in [0.2, 0.25) is 5.02 Å². The summed E-state index contributed by atoms with van der Waals surface area (Å²) in [5.41, 5.74) is 4.19. The Bertz CT molecular complexity index is 1160. The van der Waals surface area contributed by atoms with Gasteiger partial charge in [0.2, 0.25) is 11.8 Å². The first-order chi connectivity index (χ1) is 17.1. The molecule has 1 saturated carbocycles. The van der Waals surface area contributed by atoms with Gasteiger partial charge in [-0.3, -0.25) is 14.6 Å². The Morgan fingerprint density at radius 2 is 1.97 bits per heavy atom. The molecule has 2 N–H and O–H groups in total. The molecule has 0 spiro atoms. The SMILES string of the molecule is CN(C(=O)[C@H]1CCC(=O)NC1)C(c1ccc(NC2Cc3ccc(Cl)c(C4CC4)c3C2)cn1)C(F)(F)F. The molecule has 1 aliphatic heterocycles. The maximum Gasteiger partial charge on any atom is 0.414 e. The molecular formula is C26H28ClF3N4O2. The average Bonchev–Trinajstić information content (AvgIpc) is 3.58. The quantitative estimate of drug-likeness (QED) is 0.575. The van der Waals surface area contributed by atoms with Gasteiger partial charge in [0.1, 0.15) is 0 Å². The van der Waals surface area contributed by atoms with Gasteiger partial charge in [-0.05, 0) is 72.9 Å². The van der Waals surface area contributed by atoms with Crippen LogP contribution in [0.3, 0.4) is 0 Å². The van der Waals surface area contributed by atoms with Crippen molar-refractivity contribution in [3.05, 3.63) is 57.9 Å². The second kappa shape index (κ2) is 9.57. The number of nitrogens with one attached hydrogen (secondary N) is 2. The van der Waals surface area contributed by atoms with E-state index in [1.54, 1.807) is 6.07 Å². The fourth-order valence-corrected chi connectivity index (χ4v) is 5.78. The molecule has 36 heavy (non-hydrogen) atoms. The number of benzene rings is 1. The van der Waals surface area contributed by atoms with E-state index >= 15 is 0 Å². The summed E-state index contributed by atoms with van der Waals surface area (Å²) in [7, 11) is 1.14. The number of halogens is 4. The summed E-state index contributed by atoms with van der Waals surface area (Å²) >= 11 is 6.47. The molecule has 2 aliphatic carbocycles. The Morgan fingerprint density at radius 1 is 1.19 bits per heavy atom. The van der Waals surface area contributed by atoms with E-state index in [2.05, 4.69) is 21.7 Å². The first kappa shape index (κ1) is 24.9. The highest BCUT2D eigenvalue weighted by Crippen LogP contribution is 2.47. The van der Waals surface area contributed by atoms with Crippen molar-refractivity contribution in [2.24, 2.45) is 5.92 Å². The number of piperidine rings is 1. The zero-order chi connectivity index (χ0) is 25.6. The van der Waals surface area contributed by atoms with E-state index in [9.17, 15) is 22.8 Å². The minimum atomic E-state index is -4.70. The molecule has 2 aromatic rings. The number of aromatic nitrogens is 1. The third kappa shape index (κ3) is 5.03. The maximum atomic E-state index is 14.0. The van der Waals surface area contributed by atoms with Gasteiger partial charge in [0, 0.05) is 31.1 Å².